The summed E-state index contributed by atoms with van der Waals surface area (Å²) in [5, 5.41) is 59.0. The zero-order valence-electron chi connectivity index (χ0n) is 26.1. The van der Waals surface area contributed by atoms with Crippen LogP contribution in [0, 0.1) is 40.4 Å². The van der Waals surface area contributed by atoms with E-state index in [1.165, 1.54) is 19.9 Å². The zero-order valence-corrected chi connectivity index (χ0v) is 26.1. The summed E-state index contributed by atoms with van der Waals surface area (Å²) < 4.78 is 31.1. The second-order valence-corrected chi connectivity index (χ2v) is 14.3. The molecule has 4 aliphatic rings. The lowest BCUT2D eigenvalue weighted by atomic mass is 9.36. The van der Waals surface area contributed by atoms with Crippen LogP contribution in [0.2, 0.25) is 0 Å². The van der Waals surface area contributed by atoms with Crippen LogP contribution in [0.3, 0.4) is 0 Å². The molecule has 11 heteroatoms. The van der Waals surface area contributed by atoms with E-state index in [1.54, 1.807) is 20.8 Å². The number of hydrogen-bond donors (Lipinski definition) is 6. The first-order valence-electron chi connectivity index (χ1n) is 15.5. The third-order valence-corrected chi connectivity index (χ3v) is 11.9. The van der Waals surface area contributed by atoms with Crippen molar-refractivity contribution in [2.45, 2.75) is 89.6 Å². The van der Waals surface area contributed by atoms with Crippen molar-refractivity contribution in [3.63, 3.8) is 0 Å². The number of rotatable bonds is 7. The number of fused-ring (bicyclic) bond motifs is 3. The summed E-state index contributed by atoms with van der Waals surface area (Å²) in [5.74, 6) is -14.3. The van der Waals surface area contributed by atoms with Gasteiger partial charge in [0, 0.05) is 17.3 Å². The van der Waals surface area contributed by atoms with Gasteiger partial charge in [0.15, 0.2) is 17.2 Å². The summed E-state index contributed by atoms with van der Waals surface area (Å²) in [6, 6.07) is 2.39. The molecular weight excluding hydrogens is 588 g/mol. The SMILES string of the molecule is CC(C)[C@H]1C(O)[C@@H](C(N)=O)C(=O)[C@]2(O)C(O)[C@H]3C(=O)c4c(ccc(C(F)(F)CCCC5C=CC=C5)c4O)[C@@H](C)[C@]3(C)[C@@H](O)[C@]12C. The van der Waals surface area contributed by atoms with Crippen molar-refractivity contribution in [2.24, 2.45) is 46.2 Å². The van der Waals surface area contributed by atoms with Crippen molar-refractivity contribution >= 4 is 17.5 Å². The number of nitrogens with two attached hydrogens (primary N) is 1. The van der Waals surface area contributed by atoms with E-state index in [-0.39, 0.29) is 17.9 Å². The number of carbonyl (C=O) groups is 3. The van der Waals surface area contributed by atoms with Crippen molar-refractivity contribution < 1.29 is 48.7 Å². The lowest BCUT2D eigenvalue weighted by Gasteiger charge is -2.69. The highest BCUT2D eigenvalue weighted by Gasteiger charge is 2.80. The Balaban J connectivity index is 1.63. The van der Waals surface area contributed by atoms with E-state index in [0.717, 1.165) is 6.07 Å². The monoisotopic (exact) mass is 631 g/mol. The number of carbonyl (C=O) groups excluding carboxylic acids is 3. The number of hydrogen-bond acceptors (Lipinski definition) is 8. The number of ketones is 2. The summed E-state index contributed by atoms with van der Waals surface area (Å²) >= 11 is 0. The van der Waals surface area contributed by atoms with E-state index < -0.39 is 111 Å². The molecule has 0 aromatic heterocycles. The number of aromatic hydroxyl groups is 1. The third kappa shape index (κ3) is 4.26. The summed E-state index contributed by atoms with van der Waals surface area (Å²) in [7, 11) is 0. The largest absolute Gasteiger partial charge is 0.507 e. The molecule has 1 aromatic rings. The molecule has 45 heavy (non-hydrogen) atoms. The molecule has 246 valence electrons. The van der Waals surface area contributed by atoms with Gasteiger partial charge in [-0.2, -0.15) is 0 Å². The minimum absolute atomic E-state index is 0.0433. The van der Waals surface area contributed by atoms with E-state index in [2.05, 4.69) is 0 Å². The molecule has 1 amide bonds. The van der Waals surface area contributed by atoms with Crippen LogP contribution in [-0.2, 0) is 15.5 Å². The Morgan fingerprint density at radius 3 is 2.24 bits per heavy atom. The molecule has 0 spiro atoms. The molecule has 2 unspecified atom stereocenters. The average molecular weight is 632 g/mol. The molecule has 0 heterocycles. The van der Waals surface area contributed by atoms with Gasteiger partial charge in [-0.15, -0.1) is 0 Å². The Bertz CT molecular complexity index is 1480. The van der Waals surface area contributed by atoms with Crippen molar-refractivity contribution in [1.82, 2.24) is 0 Å². The topological polar surface area (TPSA) is 178 Å². The van der Waals surface area contributed by atoms with Crippen molar-refractivity contribution in [3.05, 3.63) is 53.1 Å². The van der Waals surface area contributed by atoms with Gasteiger partial charge < -0.3 is 31.3 Å². The molecule has 5 rings (SSSR count). The maximum Gasteiger partial charge on any atom is 0.276 e. The van der Waals surface area contributed by atoms with Gasteiger partial charge in [-0.05, 0) is 48.1 Å². The molecule has 1 aromatic carbocycles. The second kappa shape index (κ2) is 10.8. The van der Waals surface area contributed by atoms with Crippen LogP contribution in [0.25, 0.3) is 0 Å². The quantitative estimate of drug-likeness (QED) is 0.249. The molecule has 0 aliphatic heterocycles. The van der Waals surface area contributed by atoms with E-state index >= 15 is 8.78 Å². The lowest BCUT2D eigenvalue weighted by Crippen LogP contribution is -2.83. The van der Waals surface area contributed by atoms with Crippen LogP contribution in [-0.4, -0.2) is 66.9 Å². The fourth-order valence-corrected chi connectivity index (χ4v) is 9.42. The number of amides is 1. The van der Waals surface area contributed by atoms with E-state index in [0.29, 0.717) is 6.42 Å². The number of Topliss-reactive ketones (excluding diaryl/α,β-unsaturated/α-hetero) is 2. The highest BCUT2D eigenvalue weighted by atomic mass is 19.3. The molecule has 0 saturated heterocycles. The number of benzene rings is 1. The van der Waals surface area contributed by atoms with Gasteiger partial charge in [-0.1, -0.05) is 65.0 Å². The first kappa shape index (κ1) is 33.4. The van der Waals surface area contributed by atoms with E-state index in [9.17, 15) is 39.9 Å². The van der Waals surface area contributed by atoms with Gasteiger partial charge >= 0.3 is 0 Å². The number of phenols is 1. The summed E-state index contributed by atoms with van der Waals surface area (Å²) in [6.45, 7) is 7.77. The number of aliphatic hydroxyl groups excluding tert-OH is 3. The number of aliphatic hydroxyl groups is 4. The summed E-state index contributed by atoms with van der Waals surface area (Å²) in [6.07, 6.45) is 1.80. The van der Waals surface area contributed by atoms with Gasteiger partial charge in [0.2, 0.25) is 5.91 Å². The predicted octanol–water partition coefficient (Wildman–Crippen LogP) is 3.11. The maximum absolute atomic E-state index is 15.5. The van der Waals surface area contributed by atoms with Crippen molar-refractivity contribution in [3.8, 4) is 5.75 Å². The fraction of sp³-hybridized carbons (Fsp3) is 0.618. The van der Waals surface area contributed by atoms with E-state index in [1.807, 2.05) is 24.3 Å². The molecule has 2 fully saturated rings. The second-order valence-electron chi connectivity index (χ2n) is 14.3. The third-order valence-electron chi connectivity index (χ3n) is 11.9. The highest BCUT2D eigenvalue weighted by molar-refractivity contribution is 6.09. The summed E-state index contributed by atoms with van der Waals surface area (Å²) in [5.41, 5.74) is -2.14. The minimum Gasteiger partial charge on any atom is -0.507 e. The highest BCUT2D eigenvalue weighted by Crippen LogP contribution is 2.68. The Kier molecular flexibility index (Phi) is 8.00. The molecule has 9 nitrogen and oxygen atoms in total. The van der Waals surface area contributed by atoms with Crippen LogP contribution in [0.5, 0.6) is 5.75 Å². The van der Waals surface area contributed by atoms with Crippen LogP contribution in [0.1, 0.15) is 81.3 Å². The predicted molar refractivity (Wildman–Crippen MR) is 159 cm³/mol. The van der Waals surface area contributed by atoms with Gasteiger partial charge in [0.05, 0.1) is 29.3 Å². The van der Waals surface area contributed by atoms with Crippen LogP contribution in [0.4, 0.5) is 8.78 Å². The molecule has 0 radical (unpaired) electrons. The molecular formula is C34H43F2NO8. The zero-order chi connectivity index (χ0) is 33.6. The van der Waals surface area contributed by atoms with Crippen LogP contribution in [0.15, 0.2) is 36.4 Å². The summed E-state index contributed by atoms with van der Waals surface area (Å²) in [4.78, 5) is 40.6. The lowest BCUT2D eigenvalue weighted by molar-refractivity contribution is -0.306. The number of halogens is 2. The number of alkyl halides is 2. The Labute approximate surface area is 260 Å². The van der Waals surface area contributed by atoms with Crippen molar-refractivity contribution in [1.29, 1.82) is 0 Å². The van der Waals surface area contributed by atoms with Gasteiger partial charge in [0.1, 0.15) is 17.8 Å². The molecule has 0 bridgehead atoms. The van der Waals surface area contributed by atoms with Gasteiger partial charge in [-0.25, -0.2) is 8.78 Å². The molecule has 2 saturated carbocycles. The van der Waals surface area contributed by atoms with Crippen LogP contribution < -0.4 is 5.73 Å². The molecule has 7 N–H and O–H groups in total. The van der Waals surface area contributed by atoms with Gasteiger partial charge in [-0.3, -0.25) is 14.4 Å². The normalized spacial score (nSPS) is 39.6. The smallest absolute Gasteiger partial charge is 0.276 e. The van der Waals surface area contributed by atoms with E-state index in [4.69, 9.17) is 5.73 Å². The average Bonchev–Trinajstić information content (AvgIpc) is 3.46. The first-order chi connectivity index (χ1) is 20.8. The number of phenolic OH excluding ortho intramolecular Hbond substituents is 1. The Hall–Kier alpha value is -2.99. The van der Waals surface area contributed by atoms with Gasteiger partial charge in [0.25, 0.3) is 5.92 Å². The maximum atomic E-state index is 15.5. The van der Waals surface area contributed by atoms with Crippen LogP contribution >= 0.6 is 0 Å². The minimum atomic E-state index is -3.51. The fourth-order valence-electron chi connectivity index (χ4n) is 9.42. The Morgan fingerprint density at radius 2 is 1.69 bits per heavy atom. The standard InChI is InChI=1S/C34H43F2NO8/c1-15(2)22-26(40)21(29(37)43)27(41)34(45)28(42)23-25(39)20-18(16(3)31(23,4)30(44)32(22,34)5)12-13-19(24(20)38)33(35,36)14-8-11-17-9-6-7-10-17/h6-7,9-10,12-13,15-17,21-23,26,28,30,38,40,42,44-45H,8,11,14H2,1-5H3,(H2,37,43)/t16-,21-,22+,23-,26?,28?,30-,31+,32+,34+/m1/s1. The number of allylic oxidation sites excluding steroid dienone is 4. The Morgan fingerprint density at radius 1 is 1.09 bits per heavy atom. The molecule has 4 aliphatic carbocycles. The first-order valence-corrected chi connectivity index (χ1v) is 15.5. The molecule has 10 atom stereocenters. The van der Waals surface area contributed by atoms with Crippen molar-refractivity contribution in [2.75, 3.05) is 0 Å². The number of primary amides is 1.